The summed E-state index contributed by atoms with van der Waals surface area (Å²) in [5.41, 5.74) is 3.38. The molecule has 3 heteroatoms. The molecular weight excluding hydrogens is 284 g/mol. The molecule has 4 rings (SSSR count). The summed E-state index contributed by atoms with van der Waals surface area (Å²) in [6.45, 7) is 6.35. The van der Waals surface area contributed by atoms with E-state index in [9.17, 15) is 0 Å². The van der Waals surface area contributed by atoms with Crippen LogP contribution in [0.2, 0.25) is 0 Å². The molecule has 0 saturated heterocycles. The number of hydrogen-bond donors (Lipinski definition) is 0. The number of aromatic nitrogens is 2. The molecule has 0 aliphatic heterocycles. The van der Waals surface area contributed by atoms with Crippen molar-refractivity contribution in [3.8, 4) is 11.3 Å². The van der Waals surface area contributed by atoms with E-state index in [1.807, 2.05) is 36.4 Å². The highest BCUT2D eigenvalue weighted by atomic mass is 16.3. The van der Waals surface area contributed by atoms with Crippen LogP contribution in [0.3, 0.4) is 0 Å². The molecule has 0 fully saturated rings. The zero-order valence-corrected chi connectivity index (χ0v) is 13.5. The van der Waals surface area contributed by atoms with Gasteiger partial charge in [0.25, 0.3) is 0 Å². The van der Waals surface area contributed by atoms with Crippen LogP contribution in [-0.4, -0.2) is 9.97 Å². The Morgan fingerprint density at radius 3 is 2.26 bits per heavy atom. The van der Waals surface area contributed by atoms with Crippen molar-refractivity contribution in [3.63, 3.8) is 0 Å². The molecule has 3 nitrogen and oxygen atoms in total. The van der Waals surface area contributed by atoms with Crippen LogP contribution in [0.5, 0.6) is 0 Å². The second-order valence-electron chi connectivity index (χ2n) is 6.79. The van der Waals surface area contributed by atoms with Gasteiger partial charge in [-0.15, -0.1) is 0 Å². The normalized spacial score (nSPS) is 12.1. The summed E-state index contributed by atoms with van der Waals surface area (Å²) in [6, 6.07) is 18.3. The van der Waals surface area contributed by atoms with E-state index in [4.69, 9.17) is 14.4 Å². The molecule has 2 heterocycles. The molecule has 0 atom stereocenters. The Morgan fingerprint density at radius 1 is 0.826 bits per heavy atom. The minimum Gasteiger partial charge on any atom is -0.438 e. The molecule has 0 N–H and O–H groups in total. The minimum absolute atomic E-state index is 0.142. The highest BCUT2D eigenvalue weighted by Crippen LogP contribution is 2.36. The Hall–Kier alpha value is -2.68. The van der Waals surface area contributed by atoms with E-state index in [0.717, 1.165) is 33.4 Å². The van der Waals surface area contributed by atoms with Gasteiger partial charge in [0.2, 0.25) is 5.71 Å². The van der Waals surface area contributed by atoms with Crippen molar-refractivity contribution in [2.45, 2.75) is 26.2 Å². The van der Waals surface area contributed by atoms with Gasteiger partial charge in [-0.25, -0.2) is 4.98 Å². The molecule has 0 aliphatic carbocycles. The lowest BCUT2D eigenvalue weighted by atomic mass is 9.95. The number of benzene rings is 2. The Morgan fingerprint density at radius 2 is 1.52 bits per heavy atom. The molecule has 0 unspecified atom stereocenters. The average Bonchev–Trinajstić information content (AvgIpc) is 2.92. The quantitative estimate of drug-likeness (QED) is 0.476. The Labute approximate surface area is 135 Å². The number of furan rings is 1. The van der Waals surface area contributed by atoms with E-state index in [0.29, 0.717) is 5.71 Å². The van der Waals surface area contributed by atoms with Gasteiger partial charge in [-0.3, -0.25) is 0 Å². The third-order valence-electron chi connectivity index (χ3n) is 3.96. The largest absolute Gasteiger partial charge is 0.438 e. The molecular formula is C20H18N2O. The Kier molecular flexibility index (Phi) is 2.98. The second kappa shape index (κ2) is 4.92. The standard InChI is InChI=1S/C20H18N2O/c1-20(2,3)19-21-17(13-9-5-4-6-10-13)16-14-11-7-8-12-15(14)23-18(16)22-19/h4-12H,1-3H3. The molecule has 0 bridgehead atoms. The summed E-state index contributed by atoms with van der Waals surface area (Å²) in [4.78, 5) is 9.59. The maximum Gasteiger partial charge on any atom is 0.231 e. The van der Waals surface area contributed by atoms with E-state index < -0.39 is 0 Å². The fraction of sp³-hybridized carbons (Fsp3) is 0.200. The van der Waals surface area contributed by atoms with Crippen molar-refractivity contribution >= 4 is 22.1 Å². The monoisotopic (exact) mass is 302 g/mol. The van der Waals surface area contributed by atoms with Crippen LogP contribution >= 0.6 is 0 Å². The highest BCUT2D eigenvalue weighted by Gasteiger charge is 2.23. The molecule has 114 valence electrons. The lowest BCUT2D eigenvalue weighted by molar-refractivity contribution is 0.540. The first kappa shape index (κ1) is 13.9. The predicted molar refractivity (Wildman–Crippen MR) is 93.4 cm³/mol. The van der Waals surface area contributed by atoms with E-state index in [2.05, 4.69) is 39.0 Å². The maximum absolute atomic E-state index is 6.00. The van der Waals surface area contributed by atoms with Gasteiger partial charge >= 0.3 is 0 Å². The van der Waals surface area contributed by atoms with Crippen LogP contribution in [0, 0.1) is 0 Å². The van der Waals surface area contributed by atoms with Crippen molar-refractivity contribution in [2.75, 3.05) is 0 Å². The number of hydrogen-bond acceptors (Lipinski definition) is 3. The SMILES string of the molecule is CC(C)(C)c1nc(-c2ccccc2)c2c(n1)oc1ccccc12. The molecule has 0 spiro atoms. The van der Waals surface area contributed by atoms with E-state index in [-0.39, 0.29) is 5.41 Å². The number of nitrogens with zero attached hydrogens (tertiary/aromatic N) is 2. The van der Waals surface area contributed by atoms with Crippen molar-refractivity contribution < 1.29 is 4.42 Å². The molecule has 23 heavy (non-hydrogen) atoms. The van der Waals surface area contributed by atoms with E-state index >= 15 is 0 Å². The second-order valence-corrected chi connectivity index (χ2v) is 6.79. The third-order valence-corrected chi connectivity index (χ3v) is 3.96. The van der Waals surface area contributed by atoms with Crippen LogP contribution in [0.4, 0.5) is 0 Å². The van der Waals surface area contributed by atoms with Crippen LogP contribution in [0.15, 0.2) is 59.0 Å². The first-order valence-electron chi connectivity index (χ1n) is 7.79. The number of para-hydroxylation sites is 1. The molecule has 2 aromatic heterocycles. The molecule has 2 aromatic carbocycles. The summed E-state index contributed by atoms with van der Waals surface area (Å²) >= 11 is 0. The van der Waals surface area contributed by atoms with Crippen LogP contribution < -0.4 is 0 Å². The molecule has 0 saturated carbocycles. The van der Waals surface area contributed by atoms with Gasteiger partial charge in [0, 0.05) is 16.4 Å². The van der Waals surface area contributed by atoms with Crippen LogP contribution in [0.25, 0.3) is 33.3 Å². The lowest BCUT2D eigenvalue weighted by Crippen LogP contribution is -2.16. The van der Waals surface area contributed by atoms with E-state index in [1.165, 1.54) is 0 Å². The summed E-state index contributed by atoms with van der Waals surface area (Å²) in [6.07, 6.45) is 0. The van der Waals surface area contributed by atoms with Crippen molar-refractivity contribution in [1.82, 2.24) is 9.97 Å². The summed E-state index contributed by atoms with van der Waals surface area (Å²) in [5.74, 6) is 0.794. The van der Waals surface area contributed by atoms with Gasteiger partial charge in [0.15, 0.2) is 0 Å². The topological polar surface area (TPSA) is 38.9 Å². The molecule has 0 radical (unpaired) electrons. The van der Waals surface area contributed by atoms with E-state index in [1.54, 1.807) is 0 Å². The molecule has 0 aliphatic rings. The highest BCUT2D eigenvalue weighted by molar-refractivity contribution is 6.10. The fourth-order valence-corrected chi connectivity index (χ4v) is 2.76. The maximum atomic E-state index is 6.00. The first-order chi connectivity index (χ1) is 11.0. The average molecular weight is 302 g/mol. The molecule has 0 amide bonds. The fourth-order valence-electron chi connectivity index (χ4n) is 2.76. The van der Waals surface area contributed by atoms with Gasteiger partial charge in [0.05, 0.1) is 11.1 Å². The van der Waals surface area contributed by atoms with Gasteiger partial charge in [-0.05, 0) is 6.07 Å². The van der Waals surface area contributed by atoms with Gasteiger partial charge in [-0.1, -0.05) is 69.3 Å². The number of rotatable bonds is 1. The van der Waals surface area contributed by atoms with Crippen molar-refractivity contribution in [2.24, 2.45) is 0 Å². The summed E-state index contributed by atoms with van der Waals surface area (Å²) < 4.78 is 6.00. The summed E-state index contributed by atoms with van der Waals surface area (Å²) in [5, 5.41) is 2.04. The summed E-state index contributed by atoms with van der Waals surface area (Å²) in [7, 11) is 0. The van der Waals surface area contributed by atoms with Crippen molar-refractivity contribution in [1.29, 1.82) is 0 Å². The Balaban J connectivity index is 2.16. The Bertz CT molecular complexity index is 995. The van der Waals surface area contributed by atoms with Gasteiger partial charge in [0.1, 0.15) is 11.4 Å². The minimum atomic E-state index is -0.142. The predicted octanol–water partition coefficient (Wildman–Crippen LogP) is 5.34. The molecule has 4 aromatic rings. The smallest absolute Gasteiger partial charge is 0.231 e. The van der Waals surface area contributed by atoms with Crippen LogP contribution in [0.1, 0.15) is 26.6 Å². The zero-order chi connectivity index (χ0) is 16.0. The zero-order valence-electron chi connectivity index (χ0n) is 13.5. The lowest BCUT2D eigenvalue weighted by Gasteiger charge is -2.17. The van der Waals surface area contributed by atoms with Gasteiger partial charge < -0.3 is 4.42 Å². The van der Waals surface area contributed by atoms with Crippen LogP contribution in [-0.2, 0) is 5.41 Å². The third kappa shape index (κ3) is 2.29. The van der Waals surface area contributed by atoms with Crippen molar-refractivity contribution in [3.05, 3.63) is 60.4 Å². The number of fused-ring (bicyclic) bond motifs is 3. The van der Waals surface area contributed by atoms with Gasteiger partial charge in [-0.2, -0.15) is 4.98 Å². The first-order valence-corrected chi connectivity index (χ1v) is 7.79.